The summed E-state index contributed by atoms with van der Waals surface area (Å²) in [6.07, 6.45) is 4.27. The van der Waals surface area contributed by atoms with E-state index in [1.54, 1.807) is 0 Å². The van der Waals surface area contributed by atoms with Gasteiger partial charge in [0.1, 0.15) is 13.2 Å². The van der Waals surface area contributed by atoms with Gasteiger partial charge in [0.2, 0.25) is 0 Å². The van der Waals surface area contributed by atoms with Gasteiger partial charge in [0, 0.05) is 31.3 Å². The Balaban J connectivity index is 1.91. The number of benzene rings is 1. The summed E-state index contributed by atoms with van der Waals surface area (Å²) in [6, 6.07) is 4.20. The molecule has 0 amide bonds. The van der Waals surface area contributed by atoms with Crippen molar-refractivity contribution in [1.82, 2.24) is 0 Å². The summed E-state index contributed by atoms with van der Waals surface area (Å²) in [4.78, 5) is 2.31. The van der Waals surface area contributed by atoms with Crippen LogP contribution < -0.4 is 20.1 Å². The largest absolute Gasteiger partial charge is 0.486 e. The Morgan fingerprint density at radius 3 is 2.70 bits per heavy atom. The molecule has 0 bridgehead atoms. The molecular formula is C15H22N2O3. The SMILES string of the molecule is Nc1cc2c(cc1N1CCCCC1CCO)OCCO2. The Hall–Kier alpha value is -1.62. The Morgan fingerprint density at radius 2 is 1.95 bits per heavy atom. The van der Waals surface area contributed by atoms with Crippen molar-refractivity contribution in [2.75, 3.05) is 37.0 Å². The van der Waals surface area contributed by atoms with Crippen molar-refractivity contribution < 1.29 is 14.6 Å². The molecule has 0 radical (unpaired) electrons. The summed E-state index contributed by atoms with van der Waals surface area (Å²) in [7, 11) is 0. The van der Waals surface area contributed by atoms with E-state index >= 15 is 0 Å². The van der Waals surface area contributed by atoms with Crippen LogP contribution in [0.2, 0.25) is 0 Å². The number of ether oxygens (including phenoxy) is 2. The molecule has 0 aromatic heterocycles. The number of rotatable bonds is 3. The minimum Gasteiger partial charge on any atom is -0.486 e. The molecule has 2 aliphatic heterocycles. The molecular weight excluding hydrogens is 256 g/mol. The Morgan fingerprint density at radius 1 is 1.20 bits per heavy atom. The number of piperidine rings is 1. The van der Waals surface area contributed by atoms with Crippen LogP contribution in [0.25, 0.3) is 0 Å². The van der Waals surface area contributed by atoms with Gasteiger partial charge in [0.15, 0.2) is 11.5 Å². The van der Waals surface area contributed by atoms with Crippen LogP contribution in [0.5, 0.6) is 11.5 Å². The minimum absolute atomic E-state index is 0.214. The fourth-order valence-corrected chi connectivity index (χ4v) is 3.11. The Labute approximate surface area is 119 Å². The van der Waals surface area contributed by atoms with E-state index in [2.05, 4.69) is 4.90 Å². The van der Waals surface area contributed by atoms with Gasteiger partial charge in [0.25, 0.3) is 0 Å². The van der Waals surface area contributed by atoms with Gasteiger partial charge in [-0.15, -0.1) is 0 Å². The van der Waals surface area contributed by atoms with Crippen LogP contribution in [0.15, 0.2) is 12.1 Å². The zero-order chi connectivity index (χ0) is 13.9. The lowest BCUT2D eigenvalue weighted by Gasteiger charge is -2.38. The second-order valence-corrected chi connectivity index (χ2v) is 5.41. The van der Waals surface area contributed by atoms with E-state index in [4.69, 9.17) is 15.2 Å². The number of hydrogen-bond acceptors (Lipinski definition) is 5. The third kappa shape index (κ3) is 2.50. The van der Waals surface area contributed by atoms with Crippen LogP contribution in [0.4, 0.5) is 11.4 Å². The van der Waals surface area contributed by atoms with Crippen molar-refractivity contribution >= 4 is 11.4 Å². The van der Waals surface area contributed by atoms with Gasteiger partial charge >= 0.3 is 0 Å². The molecule has 3 rings (SSSR count). The average molecular weight is 278 g/mol. The summed E-state index contributed by atoms with van der Waals surface area (Å²) in [5.74, 6) is 1.50. The summed E-state index contributed by atoms with van der Waals surface area (Å²) in [5.41, 5.74) is 7.92. The summed E-state index contributed by atoms with van der Waals surface area (Å²) in [6.45, 7) is 2.35. The molecule has 5 heteroatoms. The van der Waals surface area contributed by atoms with Gasteiger partial charge < -0.3 is 25.2 Å². The van der Waals surface area contributed by atoms with Crippen LogP contribution in [0.1, 0.15) is 25.7 Å². The van der Waals surface area contributed by atoms with E-state index in [1.807, 2.05) is 12.1 Å². The van der Waals surface area contributed by atoms with E-state index in [0.29, 0.717) is 19.3 Å². The van der Waals surface area contributed by atoms with Crippen LogP contribution >= 0.6 is 0 Å². The van der Waals surface area contributed by atoms with E-state index < -0.39 is 0 Å². The normalized spacial score (nSPS) is 21.9. The second-order valence-electron chi connectivity index (χ2n) is 5.41. The molecule has 1 atom stereocenters. The minimum atomic E-state index is 0.214. The number of aliphatic hydroxyl groups excluding tert-OH is 1. The van der Waals surface area contributed by atoms with Gasteiger partial charge in [-0.1, -0.05) is 0 Å². The number of nitrogens with zero attached hydrogens (tertiary/aromatic N) is 1. The maximum absolute atomic E-state index is 9.24. The predicted molar refractivity (Wildman–Crippen MR) is 78.5 cm³/mol. The molecule has 1 fully saturated rings. The van der Waals surface area contributed by atoms with Crippen molar-refractivity contribution in [3.63, 3.8) is 0 Å². The highest BCUT2D eigenvalue weighted by Crippen LogP contribution is 2.40. The molecule has 1 aromatic rings. The van der Waals surface area contributed by atoms with Crippen LogP contribution in [-0.4, -0.2) is 37.5 Å². The number of aliphatic hydroxyl groups is 1. The predicted octanol–water partition coefficient (Wildman–Crippen LogP) is 1.78. The van der Waals surface area contributed by atoms with E-state index in [9.17, 15) is 5.11 Å². The van der Waals surface area contributed by atoms with Crippen molar-refractivity contribution in [2.24, 2.45) is 0 Å². The van der Waals surface area contributed by atoms with E-state index in [1.165, 1.54) is 6.42 Å². The highest BCUT2D eigenvalue weighted by molar-refractivity contribution is 5.73. The van der Waals surface area contributed by atoms with Crippen LogP contribution in [0, 0.1) is 0 Å². The lowest BCUT2D eigenvalue weighted by molar-refractivity contribution is 0.171. The van der Waals surface area contributed by atoms with Crippen molar-refractivity contribution in [3.05, 3.63) is 12.1 Å². The number of anilines is 2. The second kappa shape index (κ2) is 5.79. The monoisotopic (exact) mass is 278 g/mol. The lowest BCUT2D eigenvalue weighted by atomic mass is 9.98. The molecule has 3 N–H and O–H groups in total. The summed E-state index contributed by atoms with van der Waals surface area (Å²) >= 11 is 0. The fraction of sp³-hybridized carbons (Fsp3) is 0.600. The molecule has 1 saturated heterocycles. The first-order valence-electron chi connectivity index (χ1n) is 7.36. The van der Waals surface area contributed by atoms with Gasteiger partial charge in [-0.25, -0.2) is 0 Å². The highest BCUT2D eigenvalue weighted by atomic mass is 16.6. The third-order valence-electron chi connectivity index (χ3n) is 4.09. The zero-order valence-corrected chi connectivity index (χ0v) is 11.7. The molecule has 1 unspecified atom stereocenters. The van der Waals surface area contributed by atoms with Crippen molar-refractivity contribution in [2.45, 2.75) is 31.7 Å². The number of nitrogen functional groups attached to an aromatic ring is 1. The Kier molecular flexibility index (Phi) is 3.87. The molecule has 0 spiro atoms. The third-order valence-corrected chi connectivity index (χ3v) is 4.09. The van der Waals surface area contributed by atoms with Crippen molar-refractivity contribution in [1.29, 1.82) is 0 Å². The van der Waals surface area contributed by atoms with Crippen LogP contribution in [0.3, 0.4) is 0 Å². The van der Waals surface area contributed by atoms with Crippen molar-refractivity contribution in [3.8, 4) is 11.5 Å². The van der Waals surface area contributed by atoms with Gasteiger partial charge in [0.05, 0.1) is 11.4 Å². The van der Waals surface area contributed by atoms with Crippen LogP contribution in [-0.2, 0) is 0 Å². The smallest absolute Gasteiger partial charge is 0.163 e. The molecule has 0 saturated carbocycles. The lowest BCUT2D eigenvalue weighted by Crippen LogP contribution is -2.40. The molecule has 2 aliphatic rings. The highest BCUT2D eigenvalue weighted by Gasteiger charge is 2.25. The standard InChI is InChI=1S/C15H22N2O3/c16-12-9-14-15(20-8-7-19-14)10-13(12)17-5-2-1-3-11(17)4-6-18/h9-11,18H,1-8,16H2. The quantitative estimate of drug-likeness (QED) is 0.825. The molecule has 2 heterocycles. The number of nitrogens with two attached hydrogens (primary N) is 1. The maximum atomic E-state index is 9.24. The number of fused-ring (bicyclic) bond motifs is 1. The fourth-order valence-electron chi connectivity index (χ4n) is 3.11. The van der Waals surface area contributed by atoms with E-state index in [0.717, 1.165) is 48.7 Å². The first-order valence-corrected chi connectivity index (χ1v) is 7.36. The molecule has 110 valence electrons. The van der Waals surface area contributed by atoms with Gasteiger partial charge in [-0.3, -0.25) is 0 Å². The molecule has 1 aromatic carbocycles. The average Bonchev–Trinajstić information content (AvgIpc) is 2.48. The summed E-state index contributed by atoms with van der Waals surface area (Å²) in [5, 5.41) is 9.24. The first kappa shape index (κ1) is 13.4. The summed E-state index contributed by atoms with van der Waals surface area (Å²) < 4.78 is 11.2. The van der Waals surface area contributed by atoms with E-state index in [-0.39, 0.29) is 6.61 Å². The topological polar surface area (TPSA) is 68.0 Å². The maximum Gasteiger partial charge on any atom is 0.163 e. The zero-order valence-electron chi connectivity index (χ0n) is 11.7. The first-order chi connectivity index (χ1) is 9.79. The molecule has 20 heavy (non-hydrogen) atoms. The molecule has 5 nitrogen and oxygen atoms in total. The van der Waals surface area contributed by atoms with Gasteiger partial charge in [-0.2, -0.15) is 0 Å². The van der Waals surface area contributed by atoms with Gasteiger partial charge in [-0.05, 0) is 25.7 Å². The Bertz CT molecular complexity index is 476. The number of hydrogen-bond donors (Lipinski definition) is 2. The molecule has 0 aliphatic carbocycles.